The number of nitrogens with zero attached hydrogens (tertiary/aromatic N) is 1. The first-order valence-corrected chi connectivity index (χ1v) is 12.2. The van der Waals surface area contributed by atoms with Crippen molar-refractivity contribution in [3.8, 4) is 0 Å². The Labute approximate surface area is 175 Å². The first-order valence-electron chi connectivity index (χ1n) is 12.2. The molecule has 0 radical (unpaired) electrons. The molecule has 29 heavy (non-hydrogen) atoms. The van der Waals surface area contributed by atoms with Crippen LogP contribution < -0.4 is 5.32 Å². The molecule has 0 aromatic heterocycles. The van der Waals surface area contributed by atoms with Gasteiger partial charge in [0.2, 0.25) is 0 Å². The molecule has 0 amide bonds. The summed E-state index contributed by atoms with van der Waals surface area (Å²) in [6.45, 7) is 5.98. The van der Waals surface area contributed by atoms with Crippen LogP contribution in [-0.4, -0.2) is 80.9 Å². The van der Waals surface area contributed by atoms with E-state index in [1.807, 2.05) is 0 Å². The molecule has 3 unspecified atom stereocenters. The molecule has 2 saturated carbocycles. The van der Waals surface area contributed by atoms with Gasteiger partial charge < -0.3 is 19.5 Å². The van der Waals surface area contributed by atoms with E-state index < -0.39 is 6.17 Å². The minimum atomic E-state index is -0.684. The number of ether oxygens (including phenoxy) is 3. The quantitative estimate of drug-likeness (QED) is 0.665. The van der Waals surface area contributed by atoms with Gasteiger partial charge in [0.25, 0.3) is 0 Å². The van der Waals surface area contributed by atoms with Crippen LogP contribution in [0.2, 0.25) is 0 Å². The molecule has 6 aliphatic rings. The third-order valence-electron chi connectivity index (χ3n) is 8.51. The van der Waals surface area contributed by atoms with Crippen LogP contribution in [0, 0.1) is 11.8 Å². The van der Waals surface area contributed by atoms with E-state index >= 15 is 0 Å². The molecule has 166 valence electrons. The van der Waals surface area contributed by atoms with Gasteiger partial charge in [0, 0.05) is 19.0 Å². The number of piperidine rings is 1. The van der Waals surface area contributed by atoms with Gasteiger partial charge in [-0.3, -0.25) is 4.90 Å². The number of nitrogens with one attached hydrogen (secondary N) is 1. The summed E-state index contributed by atoms with van der Waals surface area (Å²) in [7, 11) is 0. The first kappa shape index (κ1) is 20.6. The average Bonchev–Trinajstić information content (AvgIpc) is 2.76. The summed E-state index contributed by atoms with van der Waals surface area (Å²) in [6.07, 6.45) is 9.15. The van der Waals surface area contributed by atoms with E-state index in [-0.39, 0.29) is 17.6 Å². The van der Waals surface area contributed by atoms with Crippen molar-refractivity contribution in [3.05, 3.63) is 0 Å². The van der Waals surface area contributed by atoms with Crippen molar-refractivity contribution in [2.24, 2.45) is 11.8 Å². The summed E-state index contributed by atoms with van der Waals surface area (Å²) in [5, 5.41) is 3.81. The predicted molar refractivity (Wildman–Crippen MR) is 110 cm³/mol. The van der Waals surface area contributed by atoms with Crippen molar-refractivity contribution in [1.82, 2.24) is 10.2 Å². The summed E-state index contributed by atoms with van der Waals surface area (Å²) < 4.78 is 33.8. The zero-order chi connectivity index (χ0) is 19.7. The van der Waals surface area contributed by atoms with Crippen molar-refractivity contribution in [2.45, 2.75) is 87.7 Å². The molecule has 5 atom stereocenters. The minimum absolute atomic E-state index is 0.00525. The Morgan fingerprint density at radius 2 is 1.83 bits per heavy atom. The van der Waals surface area contributed by atoms with Gasteiger partial charge in [0.15, 0.2) is 0 Å². The molecule has 0 aromatic carbocycles. The number of halogens is 1. The van der Waals surface area contributed by atoms with Crippen LogP contribution in [0.5, 0.6) is 0 Å². The van der Waals surface area contributed by atoms with Crippen LogP contribution in [0.25, 0.3) is 0 Å². The van der Waals surface area contributed by atoms with Crippen molar-refractivity contribution in [3.63, 3.8) is 0 Å². The highest BCUT2D eigenvalue weighted by molar-refractivity contribution is 5.05. The second-order valence-electron chi connectivity index (χ2n) is 10.1. The number of hydrogen-bond acceptors (Lipinski definition) is 5. The second-order valence-corrected chi connectivity index (χ2v) is 10.1. The average molecular weight is 411 g/mol. The molecular weight excluding hydrogens is 371 g/mol. The molecular formula is C23H39FN2O3. The van der Waals surface area contributed by atoms with Gasteiger partial charge in [-0.05, 0) is 70.3 Å². The number of rotatable bonds is 0. The van der Waals surface area contributed by atoms with Crippen LogP contribution >= 0.6 is 0 Å². The highest BCUT2D eigenvalue weighted by Gasteiger charge is 2.47. The third-order valence-corrected chi connectivity index (χ3v) is 8.51. The van der Waals surface area contributed by atoms with Crippen molar-refractivity contribution in [1.29, 1.82) is 0 Å². The van der Waals surface area contributed by atoms with Gasteiger partial charge in [-0.1, -0.05) is 0 Å². The molecule has 6 fully saturated rings. The van der Waals surface area contributed by atoms with Crippen molar-refractivity contribution >= 4 is 0 Å². The fourth-order valence-electron chi connectivity index (χ4n) is 6.97. The molecule has 2 bridgehead atoms. The van der Waals surface area contributed by atoms with E-state index in [0.29, 0.717) is 24.7 Å². The lowest BCUT2D eigenvalue weighted by atomic mass is 9.70. The number of hydrogen-bond donors (Lipinski definition) is 1. The molecule has 1 spiro atoms. The zero-order valence-electron chi connectivity index (χ0n) is 17.8. The van der Waals surface area contributed by atoms with E-state index in [9.17, 15) is 4.39 Å². The summed E-state index contributed by atoms with van der Waals surface area (Å²) in [5.74, 6) is 0.570. The lowest BCUT2D eigenvalue weighted by Crippen LogP contribution is -2.70. The Morgan fingerprint density at radius 3 is 2.66 bits per heavy atom. The molecule has 2 aliphatic carbocycles. The maximum Gasteiger partial charge on any atom is 0.106 e. The summed E-state index contributed by atoms with van der Waals surface area (Å²) in [4.78, 5) is 2.57. The molecule has 4 saturated heterocycles. The lowest BCUT2D eigenvalue weighted by molar-refractivity contribution is -0.0948. The second kappa shape index (κ2) is 9.07. The van der Waals surface area contributed by atoms with Crippen LogP contribution in [0.15, 0.2) is 0 Å². The fourth-order valence-corrected chi connectivity index (χ4v) is 6.97. The largest absolute Gasteiger partial charge is 0.378 e. The number of morpholine rings is 1. The highest BCUT2D eigenvalue weighted by Crippen LogP contribution is 2.42. The first-order chi connectivity index (χ1) is 14.3. The molecule has 0 aromatic rings. The standard InChI is InChI=1S/C23H39FN2O3/c24-19-3-1-4-20-22(19)17-5-7-18(8-6-17)29-15-21-23(16-27-13-10-25-23)9-2-11-26(21)12-14-28-20/h17-22,25H,1-16H2/t17?,18?,19?,20?,21-,22?,23+/m1/s1. The minimum Gasteiger partial charge on any atom is -0.378 e. The smallest absolute Gasteiger partial charge is 0.106 e. The zero-order valence-corrected chi connectivity index (χ0v) is 17.8. The van der Waals surface area contributed by atoms with Crippen LogP contribution in [0.4, 0.5) is 4.39 Å². The fraction of sp³-hybridized carbons (Fsp3) is 1.00. The van der Waals surface area contributed by atoms with E-state index in [2.05, 4.69) is 10.2 Å². The van der Waals surface area contributed by atoms with Crippen LogP contribution in [-0.2, 0) is 14.2 Å². The maximum absolute atomic E-state index is 14.9. The molecule has 1 N–H and O–H groups in total. The summed E-state index contributed by atoms with van der Waals surface area (Å²) in [6, 6.07) is 0.328. The van der Waals surface area contributed by atoms with Crippen molar-refractivity contribution in [2.75, 3.05) is 46.1 Å². The molecule has 4 heterocycles. The van der Waals surface area contributed by atoms with Crippen LogP contribution in [0.1, 0.15) is 57.8 Å². The predicted octanol–water partition coefficient (Wildman–Crippen LogP) is 2.92. The normalized spacial score (nSPS) is 47.5. The number of fused-ring (bicyclic) bond motifs is 5. The van der Waals surface area contributed by atoms with E-state index in [0.717, 1.165) is 90.8 Å². The Hall–Kier alpha value is -0.270. The van der Waals surface area contributed by atoms with Gasteiger partial charge in [0.1, 0.15) is 6.17 Å². The van der Waals surface area contributed by atoms with Gasteiger partial charge in [-0.2, -0.15) is 0 Å². The molecule has 6 heteroatoms. The summed E-state index contributed by atoms with van der Waals surface area (Å²) >= 11 is 0. The topological polar surface area (TPSA) is 43.0 Å². The molecule has 6 rings (SSSR count). The van der Waals surface area contributed by atoms with E-state index in [1.165, 1.54) is 6.42 Å². The van der Waals surface area contributed by atoms with Crippen molar-refractivity contribution < 1.29 is 18.6 Å². The Morgan fingerprint density at radius 1 is 0.931 bits per heavy atom. The Kier molecular flexibility index (Phi) is 6.45. The third kappa shape index (κ3) is 4.25. The van der Waals surface area contributed by atoms with E-state index in [4.69, 9.17) is 14.2 Å². The van der Waals surface area contributed by atoms with Gasteiger partial charge >= 0.3 is 0 Å². The Balaban J connectivity index is 1.35. The van der Waals surface area contributed by atoms with Crippen LogP contribution in [0.3, 0.4) is 0 Å². The van der Waals surface area contributed by atoms with E-state index in [1.54, 1.807) is 0 Å². The van der Waals surface area contributed by atoms with Gasteiger partial charge in [0.05, 0.1) is 50.2 Å². The SMILES string of the molecule is FC1CCCC2OCCN3CCC[C@]4(COCCN4)[C@H]3COC3CCC(CC3)C12. The molecule has 4 aliphatic heterocycles. The molecule has 5 nitrogen and oxygen atoms in total. The maximum atomic E-state index is 14.9. The number of alkyl halides is 1. The highest BCUT2D eigenvalue weighted by atomic mass is 19.1. The monoisotopic (exact) mass is 410 g/mol. The lowest BCUT2D eigenvalue weighted by Gasteiger charge is -2.52. The van der Waals surface area contributed by atoms with Gasteiger partial charge in [-0.25, -0.2) is 4.39 Å². The Bertz CT molecular complexity index is 531. The van der Waals surface area contributed by atoms with Gasteiger partial charge in [-0.15, -0.1) is 0 Å². The summed E-state index contributed by atoms with van der Waals surface area (Å²) in [5.41, 5.74) is 0.00525.